The Balaban J connectivity index is 1.57. The summed E-state index contributed by atoms with van der Waals surface area (Å²) < 4.78 is 28.5. The number of anilines is 1. The van der Waals surface area contributed by atoms with Crippen LogP contribution in [-0.4, -0.2) is 32.3 Å². The van der Waals surface area contributed by atoms with E-state index in [2.05, 4.69) is 61.5 Å². The van der Waals surface area contributed by atoms with Gasteiger partial charge in [0, 0.05) is 27.4 Å². The van der Waals surface area contributed by atoms with E-state index < -0.39 is 11.4 Å². The van der Waals surface area contributed by atoms with Crippen LogP contribution in [0.4, 0.5) is 16.5 Å². The van der Waals surface area contributed by atoms with Gasteiger partial charge < -0.3 is 9.08 Å². The van der Waals surface area contributed by atoms with Crippen molar-refractivity contribution in [2.24, 2.45) is 9.98 Å². The molecule has 0 aliphatic carbocycles. The number of rotatable bonds is 4. The summed E-state index contributed by atoms with van der Waals surface area (Å²) in [5.74, 6) is 0.347. The fourth-order valence-electron chi connectivity index (χ4n) is 4.34. The van der Waals surface area contributed by atoms with Crippen molar-refractivity contribution in [2.75, 3.05) is 11.4 Å². The monoisotopic (exact) mass is 566 g/mol. The van der Waals surface area contributed by atoms with E-state index >= 15 is 0 Å². The van der Waals surface area contributed by atoms with Gasteiger partial charge in [-0.2, -0.15) is 14.2 Å². The second kappa shape index (κ2) is 8.59. The van der Waals surface area contributed by atoms with E-state index in [1.807, 2.05) is 18.2 Å². The lowest BCUT2D eigenvalue weighted by atomic mass is 9.88. The molecule has 0 radical (unpaired) electrons. The van der Waals surface area contributed by atoms with Gasteiger partial charge in [0.15, 0.2) is 5.75 Å². The maximum absolute atomic E-state index is 11.5. The molecule has 10 heteroatoms. The molecule has 0 bridgehead atoms. The summed E-state index contributed by atoms with van der Waals surface area (Å²) >= 11 is 1.30. The van der Waals surface area contributed by atoms with E-state index in [1.54, 1.807) is 0 Å². The van der Waals surface area contributed by atoms with E-state index in [0.717, 1.165) is 57.3 Å². The van der Waals surface area contributed by atoms with Gasteiger partial charge in [-0.1, -0.05) is 11.3 Å². The van der Waals surface area contributed by atoms with Crippen molar-refractivity contribution in [1.29, 1.82) is 0 Å². The number of halogens is 1. The van der Waals surface area contributed by atoms with Crippen molar-refractivity contribution in [3.8, 4) is 5.75 Å². The molecule has 0 saturated heterocycles. The third-order valence-corrected chi connectivity index (χ3v) is 7.59. The Hall–Kier alpha value is -1.85. The average Bonchev–Trinajstić information content (AvgIpc) is 3.14. The molecule has 0 fully saturated rings. The van der Waals surface area contributed by atoms with Crippen LogP contribution < -0.4 is 9.08 Å². The fourth-order valence-corrected chi connectivity index (χ4v) is 6.20. The second-order valence-electron chi connectivity index (χ2n) is 7.63. The highest BCUT2D eigenvalue weighted by Crippen LogP contribution is 2.47. The van der Waals surface area contributed by atoms with Crippen LogP contribution in [0, 0.1) is 3.57 Å². The smallest absolute Gasteiger partial charge is 0.357 e. The predicted molar refractivity (Wildman–Crippen MR) is 133 cm³/mol. The molecule has 2 aromatic carbocycles. The van der Waals surface area contributed by atoms with E-state index in [1.165, 1.54) is 16.9 Å². The summed E-state index contributed by atoms with van der Waals surface area (Å²) in [6, 6.07) is 11.1. The minimum absolute atomic E-state index is 0.347. The van der Waals surface area contributed by atoms with Gasteiger partial charge in [-0.05, 0) is 85.0 Å². The molecule has 160 valence electrons. The predicted octanol–water partition coefficient (Wildman–Crippen LogP) is 5.64. The number of aromatic nitrogens is 1. The zero-order valence-corrected chi connectivity index (χ0v) is 20.5. The molecule has 2 unspecified atom stereocenters. The third kappa shape index (κ3) is 4.14. The van der Waals surface area contributed by atoms with Gasteiger partial charge in [0.05, 0.1) is 10.2 Å². The molecule has 2 aliphatic rings. The summed E-state index contributed by atoms with van der Waals surface area (Å²) in [6.07, 6.45) is 3.77. The average molecular weight is 566 g/mol. The molecule has 1 aromatic heterocycles. The quantitative estimate of drug-likeness (QED) is 0.251. The normalized spacial score (nSPS) is 18.3. The van der Waals surface area contributed by atoms with Gasteiger partial charge in [-0.3, -0.25) is 4.55 Å². The van der Waals surface area contributed by atoms with Gasteiger partial charge >= 0.3 is 11.4 Å². The SMILES string of the molecule is CC1CCc2cc(N=C=Nc3nc4ccc(I)cc4s3)c(OS(=O)O)c3c2N1CCC3. The topological polar surface area (TPSA) is 87.4 Å². The number of hydrogen-bond donors (Lipinski definition) is 1. The number of aliphatic imine (C=N–C) groups is 2. The molecule has 3 heterocycles. The molecule has 1 N–H and O–H groups in total. The van der Waals surface area contributed by atoms with Crippen LogP contribution in [0.1, 0.15) is 30.9 Å². The number of benzene rings is 2. The second-order valence-corrected chi connectivity index (χ2v) is 10.5. The largest absolute Gasteiger partial charge is 0.377 e. The minimum atomic E-state index is -2.44. The van der Waals surface area contributed by atoms with Crippen molar-refractivity contribution < 1.29 is 12.9 Å². The summed E-state index contributed by atoms with van der Waals surface area (Å²) in [5, 5.41) is 0.563. The first-order valence-corrected chi connectivity index (χ1v) is 12.9. The van der Waals surface area contributed by atoms with Gasteiger partial charge in [0.1, 0.15) is 11.7 Å². The maximum Gasteiger partial charge on any atom is 0.357 e. The Bertz CT molecular complexity index is 1270. The zero-order chi connectivity index (χ0) is 21.5. The maximum atomic E-state index is 11.5. The molecule has 0 saturated carbocycles. The summed E-state index contributed by atoms with van der Waals surface area (Å²) in [6.45, 7) is 3.21. The van der Waals surface area contributed by atoms with Crippen LogP contribution in [-0.2, 0) is 24.2 Å². The van der Waals surface area contributed by atoms with E-state index in [9.17, 15) is 8.76 Å². The number of hydrogen-bond acceptors (Lipinski definition) is 7. The molecule has 7 nitrogen and oxygen atoms in total. The van der Waals surface area contributed by atoms with Crippen molar-refractivity contribution in [1.82, 2.24) is 4.98 Å². The van der Waals surface area contributed by atoms with Gasteiger partial charge in [-0.15, -0.1) is 0 Å². The Labute approximate surface area is 199 Å². The van der Waals surface area contributed by atoms with Crippen LogP contribution >= 0.6 is 33.9 Å². The van der Waals surface area contributed by atoms with Crippen LogP contribution in [0.3, 0.4) is 0 Å². The lowest BCUT2D eigenvalue weighted by Gasteiger charge is -2.42. The number of aryl methyl sites for hydroxylation is 1. The number of fused-ring (bicyclic) bond motifs is 1. The lowest BCUT2D eigenvalue weighted by molar-refractivity contribution is 0.452. The van der Waals surface area contributed by atoms with Gasteiger partial charge in [-0.25, -0.2) is 4.98 Å². The molecule has 2 atom stereocenters. The Morgan fingerprint density at radius 1 is 1.35 bits per heavy atom. The highest BCUT2D eigenvalue weighted by atomic mass is 127. The summed E-state index contributed by atoms with van der Waals surface area (Å²) in [5.41, 5.74) is 4.65. The van der Waals surface area contributed by atoms with Crippen LogP contribution in [0.15, 0.2) is 34.3 Å². The third-order valence-electron chi connectivity index (χ3n) is 5.69. The molecule has 5 rings (SSSR count). The summed E-state index contributed by atoms with van der Waals surface area (Å²) in [7, 11) is 0. The van der Waals surface area contributed by atoms with E-state index in [4.69, 9.17) is 4.18 Å². The van der Waals surface area contributed by atoms with Gasteiger partial charge in [0.25, 0.3) is 0 Å². The number of nitrogens with zero attached hydrogens (tertiary/aromatic N) is 4. The molecular formula is C21H19IN4O3S2. The minimum Gasteiger partial charge on any atom is -0.377 e. The molecule has 0 spiro atoms. The standard InChI is InChI=1S/C21H19IN4O3S2/c1-12-4-5-13-9-17(20(29-31(27)28)15-3-2-8-26(12)19(13)15)23-11-24-21-25-16-7-6-14(22)10-18(16)30-21/h6-7,9-10,12H,2-5,8H2,1H3,(H,27,28). The van der Waals surface area contributed by atoms with E-state index in [0.29, 0.717) is 22.6 Å². The lowest BCUT2D eigenvalue weighted by Crippen LogP contribution is -2.41. The van der Waals surface area contributed by atoms with Crippen molar-refractivity contribution >= 4 is 78.0 Å². The Morgan fingerprint density at radius 2 is 2.23 bits per heavy atom. The fraction of sp³-hybridized carbons (Fsp3) is 0.333. The molecular weight excluding hydrogens is 547 g/mol. The molecule has 0 amide bonds. The first-order chi connectivity index (χ1) is 15.0. The van der Waals surface area contributed by atoms with Crippen molar-refractivity contribution in [3.63, 3.8) is 0 Å². The van der Waals surface area contributed by atoms with E-state index in [-0.39, 0.29) is 0 Å². The van der Waals surface area contributed by atoms with Crippen LogP contribution in [0.2, 0.25) is 0 Å². The first kappa shape index (κ1) is 21.0. The number of thiazole rings is 1. The van der Waals surface area contributed by atoms with Crippen LogP contribution in [0.25, 0.3) is 10.2 Å². The first-order valence-electron chi connectivity index (χ1n) is 9.97. The highest BCUT2D eigenvalue weighted by molar-refractivity contribution is 14.1. The van der Waals surface area contributed by atoms with Gasteiger partial charge in [0.2, 0.25) is 5.13 Å². The van der Waals surface area contributed by atoms with Crippen molar-refractivity contribution in [3.05, 3.63) is 39.0 Å². The zero-order valence-electron chi connectivity index (χ0n) is 16.7. The van der Waals surface area contributed by atoms with Crippen LogP contribution in [0.5, 0.6) is 5.75 Å². The molecule has 31 heavy (non-hydrogen) atoms. The van der Waals surface area contributed by atoms with Crippen molar-refractivity contribution in [2.45, 2.75) is 38.6 Å². The summed E-state index contributed by atoms with van der Waals surface area (Å²) in [4.78, 5) is 15.5. The Kier molecular flexibility index (Phi) is 5.82. The Morgan fingerprint density at radius 3 is 3.06 bits per heavy atom. The highest BCUT2D eigenvalue weighted by Gasteiger charge is 2.32. The molecule has 2 aliphatic heterocycles. The molecule has 3 aromatic rings.